The average molecular weight is 282 g/mol. The second-order valence-corrected chi connectivity index (χ2v) is 5.68. The molecule has 1 aliphatic rings. The van der Waals surface area contributed by atoms with E-state index in [-0.39, 0.29) is 0 Å². The summed E-state index contributed by atoms with van der Waals surface area (Å²) in [6.45, 7) is 5.78. The maximum atomic E-state index is 6.03. The van der Waals surface area contributed by atoms with Crippen molar-refractivity contribution in [3.63, 3.8) is 0 Å². The van der Waals surface area contributed by atoms with Gasteiger partial charge in [-0.1, -0.05) is 24.3 Å². The van der Waals surface area contributed by atoms with Gasteiger partial charge in [-0.25, -0.2) is 0 Å². The number of nitrogens with two attached hydrogens (primary N) is 1. The molecule has 0 aromatic heterocycles. The molecule has 2 aromatic rings. The number of rotatable bonds is 4. The maximum absolute atomic E-state index is 6.03. The van der Waals surface area contributed by atoms with Gasteiger partial charge in [0, 0.05) is 25.3 Å². The van der Waals surface area contributed by atoms with Crippen LogP contribution in [0.3, 0.4) is 0 Å². The molecule has 110 valence electrons. The lowest BCUT2D eigenvalue weighted by Gasteiger charge is -2.29. The maximum Gasteiger partial charge on any atom is 0.119 e. The van der Waals surface area contributed by atoms with Crippen LogP contribution in [0, 0.1) is 6.92 Å². The summed E-state index contributed by atoms with van der Waals surface area (Å²) < 4.78 is 5.83. The van der Waals surface area contributed by atoms with Crippen LogP contribution in [0.25, 0.3) is 0 Å². The number of hydrogen-bond donors (Lipinski definition) is 1. The zero-order valence-electron chi connectivity index (χ0n) is 12.5. The Kier molecular flexibility index (Phi) is 4.11. The minimum Gasteiger partial charge on any atom is -0.492 e. The highest BCUT2D eigenvalue weighted by Gasteiger charge is 2.17. The van der Waals surface area contributed by atoms with E-state index in [2.05, 4.69) is 30.0 Å². The zero-order chi connectivity index (χ0) is 14.7. The molecule has 0 amide bonds. The lowest BCUT2D eigenvalue weighted by Crippen LogP contribution is -2.34. The summed E-state index contributed by atoms with van der Waals surface area (Å²) in [5, 5.41) is 0. The first-order valence-electron chi connectivity index (χ1n) is 7.50. The van der Waals surface area contributed by atoms with Crippen molar-refractivity contribution in [1.29, 1.82) is 0 Å². The molecule has 2 N–H and O–H groups in total. The van der Waals surface area contributed by atoms with Crippen LogP contribution in [0.1, 0.15) is 16.7 Å². The van der Waals surface area contributed by atoms with Gasteiger partial charge < -0.3 is 10.5 Å². The molecule has 0 saturated carbocycles. The monoisotopic (exact) mass is 282 g/mol. The van der Waals surface area contributed by atoms with Crippen molar-refractivity contribution in [2.75, 3.05) is 25.4 Å². The van der Waals surface area contributed by atoms with Crippen LogP contribution in [0.5, 0.6) is 5.75 Å². The smallest absolute Gasteiger partial charge is 0.119 e. The second kappa shape index (κ2) is 6.19. The van der Waals surface area contributed by atoms with E-state index in [0.717, 1.165) is 44.1 Å². The number of ether oxygens (including phenoxy) is 1. The number of hydrogen-bond acceptors (Lipinski definition) is 3. The van der Waals surface area contributed by atoms with Gasteiger partial charge >= 0.3 is 0 Å². The quantitative estimate of drug-likeness (QED) is 0.876. The van der Waals surface area contributed by atoms with Crippen LogP contribution < -0.4 is 10.5 Å². The summed E-state index contributed by atoms with van der Waals surface area (Å²) in [5.74, 6) is 0.955. The molecule has 0 spiro atoms. The summed E-state index contributed by atoms with van der Waals surface area (Å²) >= 11 is 0. The van der Waals surface area contributed by atoms with Gasteiger partial charge in [0.05, 0.1) is 0 Å². The standard InChI is InChI=1S/C18H22N2O/c1-14-4-2-6-16(12-14)21-11-10-20-9-8-17-15(13-20)5-3-7-18(17)19/h2-7,12H,8-11,13,19H2,1H3. The van der Waals surface area contributed by atoms with E-state index in [0.29, 0.717) is 0 Å². The lowest BCUT2D eigenvalue weighted by atomic mass is 9.98. The molecule has 3 rings (SSSR count). The molecule has 3 heteroatoms. The Labute approximate surface area is 126 Å². The van der Waals surface area contributed by atoms with Gasteiger partial charge in [-0.05, 0) is 48.2 Å². The number of fused-ring (bicyclic) bond motifs is 1. The Morgan fingerprint density at radius 1 is 1.19 bits per heavy atom. The fraction of sp³-hybridized carbons (Fsp3) is 0.333. The van der Waals surface area contributed by atoms with Crippen molar-refractivity contribution in [2.45, 2.75) is 19.9 Å². The number of benzene rings is 2. The van der Waals surface area contributed by atoms with E-state index >= 15 is 0 Å². The number of aryl methyl sites for hydroxylation is 1. The summed E-state index contributed by atoms with van der Waals surface area (Å²) in [5.41, 5.74) is 10.9. The SMILES string of the molecule is Cc1cccc(OCCN2CCc3c(N)cccc3C2)c1. The molecule has 1 heterocycles. The molecular weight excluding hydrogens is 260 g/mol. The predicted molar refractivity (Wildman–Crippen MR) is 86.5 cm³/mol. The van der Waals surface area contributed by atoms with Crippen LogP contribution in [-0.2, 0) is 13.0 Å². The first kappa shape index (κ1) is 14.0. The van der Waals surface area contributed by atoms with E-state index < -0.39 is 0 Å². The number of nitrogens with zero attached hydrogens (tertiary/aromatic N) is 1. The van der Waals surface area contributed by atoms with E-state index in [4.69, 9.17) is 10.5 Å². The minimum absolute atomic E-state index is 0.723. The van der Waals surface area contributed by atoms with Crippen LogP contribution in [0.15, 0.2) is 42.5 Å². The molecule has 0 fully saturated rings. The molecule has 3 nitrogen and oxygen atoms in total. The van der Waals surface area contributed by atoms with Gasteiger partial charge in [0.25, 0.3) is 0 Å². The van der Waals surface area contributed by atoms with Crippen LogP contribution in [-0.4, -0.2) is 24.6 Å². The molecular formula is C18H22N2O. The van der Waals surface area contributed by atoms with Crippen molar-refractivity contribution in [3.8, 4) is 5.75 Å². The van der Waals surface area contributed by atoms with E-state index in [1.807, 2.05) is 24.3 Å². The van der Waals surface area contributed by atoms with Crippen molar-refractivity contribution in [2.24, 2.45) is 0 Å². The molecule has 0 unspecified atom stereocenters. The Balaban J connectivity index is 1.53. The predicted octanol–water partition coefficient (Wildman–Crippen LogP) is 3.01. The second-order valence-electron chi connectivity index (χ2n) is 5.68. The summed E-state index contributed by atoms with van der Waals surface area (Å²) in [6, 6.07) is 14.4. The first-order chi connectivity index (χ1) is 10.2. The van der Waals surface area contributed by atoms with Gasteiger partial charge in [0.15, 0.2) is 0 Å². The highest BCUT2D eigenvalue weighted by atomic mass is 16.5. The normalized spacial score (nSPS) is 14.7. The van der Waals surface area contributed by atoms with Gasteiger partial charge in [0.2, 0.25) is 0 Å². The molecule has 0 saturated heterocycles. The third kappa shape index (κ3) is 3.37. The summed E-state index contributed by atoms with van der Waals surface area (Å²) in [7, 11) is 0. The Morgan fingerprint density at radius 2 is 2.05 bits per heavy atom. The molecule has 0 atom stereocenters. The average Bonchev–Trinajstić information content (AvgIpc) is 2.47. The third-order valence-electron chi connectivity index (χ3n) is 4.05. The summed E-state index contributed by atoms with van der Waals surface area (Å²) in [4.78, 5) is 2.43. The largest absolute Gasteiger partial charge is 0.492 e. The molecule has 2 aromatic carbocycles. The topological polar surface area (TPSA) is 38.5 Å². The Morgan fingerprint density at radius 3 is 2.90 bits per heavy atom. The van der Waals surface area contributed by atoms with E-state index in [1.165, 1.54) is 16.7 Å². The Bertz CT molecular complexity index is 624. The fourth-order valence-electron chi connectivity index (χ4n) is 2.89. The van der Waals surface area contributed by atoms with Gasteiger partial charge in [0.1, 0.15) is 12.4 Å². The van der Waals surface area contributed by atoms with Crippen LogP contribution in [0.2, 0.25) is 0 Å². The minimum atomic E-state index is 0.723. The zero-order valence-corrected chi connectivity index (χ0v) is 12.5. The van der Waals surface area contributed by atoms with Crippen molar-refractivity contribution >= 4 is 5.69 Å². The van der Waals surface area contributed by atoms with Crippen molar-refractivity contribution in [3.05, 3.63) is 59.2 Å². The van der Waals surface area contributed by atoms with Crippen LogP contribution in [0.4, 0.5) is 5.69 Å². The number of nitrogen functional groups attached to an aromatic ring is 1. The molecule has 1 aliphatic heterocycles. The van der Waals surface area contributed by atoms with Crippen LogP contribution >= 0.6 is 0 Å². The van der Waals surface area contributed by atoms with E-state index in [9.17, 15) is 0 Å². The highest BCUT2D eigenvalue weighted by molar-refractivity contribution is 5.51. The van der Waals surface area contributed by atoms with Gasteiger partial charge in [-0.3, -0.25) is 4.90 Å². The molecule has 0 radical (unpaired) electrons. The number of anilines is 1. The van der Waals surface area contributed by atoms with Crippen molar-refractivity contribution in [1.82, 2.24) is 4.90 Å². The first-order valence-corrected chi connectivity index (χ1v) is 7.50. The Hall–Kier alpha value is -2.00. The van der Waals surface area contributed by atoms with Gasteiger partial charge in [-0.2, -0.15) is 0 Å². The summed E-state index contributed by atoms with van der Waals surface area (Å²) in [6.07, 6.45) is 1.03. The molecule has 0 aliphatic carbocycles. The lowest BCUT2D eigenvalue weighted by molar-refractivity contribution is 0.196. The van der Waals surface area contributed by atoms with Gasteiger partial charge in [-0.15, -0.1) is 0 Å². The highest BCUT2D eigenvalue weighted by Crippen LogP contribution is 2.23. The third-order valence-corrected chi connectivity index (χ3v) is 4.05. The van der Waals surface area contributed by atoms with E-state index in [1.54, 1.807) is 0 Å². The molecule has 0 bridgehead atoms. The van der Waals surface area contributed by atoms with Crippen molar-refractivity contribution < 1.29 is 4.74 Å². The fourth-order valence-corrected chi connectivity index (χ4v) is 2.89. The molecule has 21 heavy (non-hydrogen) atoms.